The van der Waals surface area contributed by atoms with Crippen LogP contribution in [0.3, 0.4) is 0 Å². The molecule has 2 heteroatoms. The van der Waals surface area contributed by atoms with Gasteiger partial charge in [0.15, 0.2) is 0 Å². The van der Waals surface area contributed by atoms with Crippen molar-refractivity contribution in [2.24, 2.45) is 0 Å². The highest BCUT2D eigenvalue weighted by atomic mass is 32.4. The van der Waals surface area contributed by atoms with Crippen molar-refractivity contribution in [3.8, 4) is 0 Å². The van der Waals surface area contributed by atoms with Gasteiger partial charge in [0, 0.05) is 4.75 Å². The summed E-state index contributed by atoms with van der Waals surface area (Å²) >= 11 is 2.29. The van der Waals surface area contributed by atoms with E-state index in [9.17, 15) is 0 Å². The van der Waals surface area contributed by atoms with Crippen LogP contribution in [0.1, 0.15) is 41.5 Å². The molecule has 0 aliphatic carbocycles. The van der Waals surface area contributed by atoms with Crippen molar-refractivity contribution in [1.29, 1.82) is 0 Å². The molecule has 0 aliphatic heterocycles. The zero-order valence-corrected chi connectivity index (χ0v) is 11.3. The lowest BCUT2D eigenvalue weighted by molar-refractivity contribution is 0.808. The molecular formula is C10H24SSi. The molecule has 0 nitrogen and oxygen atoms in total. The van der Waals surface area contributed by atoms with E-state index in [1.54, 1.807) is 0 Å². The van der Waals surface area contributed by atoms with Gasteiger partial charge in [-0.05, 0) is 0 Å². The minimum absolute atomic E-state index is 0.467. The Balaban J connectivity index is 4.30. The first-order chi connectivity index (χ1) is 5.39. The van der Waals surface area contributed by atoms with Crippen molar-refractivity contribution in [3.05, 3.63) is 0 Å². The fourth-order valence-electron chi connectivity index (χ4n) is 1.62. The molecule has 12 heavy (non-hydrogen) atoms. The molecule has 0 rings (SSSR count). The standard InChI is InChI=1S/C10H24SSi/c1-7-12(8-2,9-3)11-10(4,5)6/h7-9H2,1-6H3. The predicted molar refractivity (Wildman–Crippen MR) is 64.5 cm³/mol. The summed E-state index contributed by atoms with van der Waals surface area (Å²) < 4.78 is 0.467. The maximum atomic E-state index is 2.37. The lowest BCUT2D eigenvalue weighted by Crippen LogP contribution is -2.32. The van der Waals surface area contributed by atoms with Gasteiger partial charge in [0.1, 0.15) is 7.22 Å². The minimum atomic E-state index is -0.936. The van der Waals surface area contributed by atoms with Crippen LogP contribution in [0.2, 0.25) is 18.1 Å². The van der Waals surface area contributed by atoms with E-state index >= 15 is 0 Å². The molecule has 0 fully saturated rings. The molecule has 0 spiro atoms. The maximum absolute atomic E-state index is 2.37. The third-order valence-electron chi connectivity index (χ3n) is 2.46. The fourth-order valence-corrected chi connectivity index (χ4v) is 10.0. The lowest BCUT2D eigenvalue weighted by atomic mass is 10.3. The second kappa shape index (κ2) is 4.71. The molecule has 0 bridgehead atoms. The van der Waals surface area contributed by atoms with Crippen LogP contribution in [0.15, 0.2) is 0 Å². The largest absolute Gasteiger partial charge is 0.179 e. The van der Waals surface area contributed by atoms with Crippen molar-refractivity contribution in [3.63, 3.8) is 0 Å². The summed E-state index contributed by atoms with van der Waals surface area (Å²) in [6, 6.07) is 4.30. The second-order valence-corrected chi connectivity index (χ2v) is 13.6. The minimum Gasteiger partial charge on any atom is -0.179 e. The lowest BCUT2D eigenvalue weighted by Gasteiger charge is -2.34. The topological polar surface area (TPSA) is 0 Å². The van der Waals surface area contributed by atoms with E-state index in [2.05, 4.69) is 52.8 Å². The van der Waals surface area contributed by atoms with Gasteiger partial charge in [0.25, 0.3) is 0 Å². The summed E-state index contributed by atoms with van der Waals surface area (Å²) in [5, 5.41) is 0. The Morgan fingerprint density at radius 3 is 1.33 bits per heavy atom. The Hall–Kier alpha value is 0.567. The maximum Gasteiger partial charge on any atom is 0.117 e. The van der Waals surface area contributed by atoms with E-state index in [0.717, 1.165) is 0 Å². The fraction of sp³-hybridized carbons (Fsp3) is 1.00. The van der Waals surface area contributed by atoms with E-state index in [1.807, 2.05) is 0 Å². The highest BCUT2D eigenvalue weighted by molar-refractivity contribution is 8.29. The van der Waals surface area contributed by atoms with Crippen molar-refractivity contribution in [1.82, 2.24) is 0 Å². The van der Waals surface area contributed by atoms with Gasteiger partial charge in [-0.1, -0.05) is 59.7 Å². The van der Waals surface area contributed by atoms with Gasteiger partial charge in [0.2, 0.25) is 0 Å². The highest BCUT2D eigenvalue weighted by Crippen LogP contribution is 2.40. The van der Waals surface area contributed by atoms with Gasteiger partial charge < -0.3 is 0 Å². The molecule has 0 aromatic rings. The first-order valence-corrected chi connectivity index (χ1v) is 9.25. The van der Waals surface area contributed by atoms with Crippen molar-refractivity contribution in [2.75, 3.05) is 0 Å². The molecule has 0 saturated heterocycles. The Morgan fingerprint density at radius 1 is 0.917 bits per heavy atom. The Kier molecular flexibility index (Phi) is 4.93. The third-order valence-corrected chi connectivity index (χ3v) is 13.1. The normalized spacial score (nSPS) is 13.5. The zero-order valence-electron chi connectivity index (χ0n) is 9.53. The van der Waals surface area contributed by atoms with Crippen LogP contribution in [-0.2, 0) is 0 Å². The quantitative estimate of drug-likeness (QED) is 0.607. The van der Waals surface area contributed by atoms with Crippen LogP contribution in [0.25, 0.3) is 0 Å². The van der Waals surface area contributed by atoms with Gasteiger partial charge in [-0.15, -0.1) is 0 Å². The van der Waals surface area contributed by atoms with Crippen molar-refractivity contribution >= 4 is 18.4 Å². The average molecular weight is 204 g/mol. The Morgan fingerprint density at radius 2 is 1.25 bits per heavy atom. The second-order valence-electron chi connectivity index (χ2n) is 4.46. The Bertz CT molecular complexity index is 114. The molecule has 0 heterocycles. The van der Waals surface area contributed by atoms with E-state index in [1.165, 1.54) is 18.1 Å². The van der Waals surface area contributed by atoms with Crippen LogP contribution in [0.5, 0.6) is 0 Å². The molecule has 0 aromatic heterocycles. The van der Waals surface area contributed by atoms with Crippen LogP contribution in [0, 0.1) is 0 Å². The first-order valence-electron chi connectivity index (χ1n) is 5.09. The molecule has 0 atom stereocenters. The summed E-state index contributed by atoms with van der Waals surface area (Å²) in [5.41, 5.74) is 0. The van der Waals surface area contributed by atoms with E-state index in [0.29, 0.717) is 4.75 Å². The van der Waals surface area contributed by atoms with Gasteiger partial charge in [-0.2, -0.15) is 11.2 Å². The van der Waals surface area contributed by atoms with Crippen LogP contribution < -0.4 is 0 Å². The molecule has 0 saturated carbocycles. The molecule has 0 aliphatic rings. The number of hydrogen-bond donors (Lipinski definition) is 0. The molecule has 0 amide bonds. The third kappa shape index (κ3) is 3.99. The number of hydrogen-bond acceptors (Lipinski definition) is 1. The van der Waals surface area contributed by atoms with Crippen LogP contribution >= 0.6 is 11.2 Å². The Labute approximate surface area is 83.2 Å². The van der Waals surface area contributed by atoms with Gasteiger partial charge in [-0.25, -0.2) is 0 Å². The van der Waals surface area contributed by atoms with Crippen LogP contribution in [-0.4, -0.2) is 12.0 Å². The monoisotopic (exact) mass is 204 g/mol. The summed E-state index contributed by atoms with van der Waals surface area (Å²) in [6.45, 7) is 14.2. The summed E-state index contributed by atoms with van der Waals surface area (Å²) in [7, 11) is -0.936. The van der Waals surface area contributed by atoms with Gasteiger partial charge in [0.05, 0.1) is 0 Å². The first kappa shape index (κ1) is 12.6. The summed E-state index contributed by atoms with van der Waals surface area (Å²) in [4.78, 5) is 0. The molecular weight excluding hydrogens is 180 g/mol. The van der Waals surface area contributed by atoms with Gasteiger partial charge in [-0.3, -0.25) is 0 Å². The van der Waals surface area contributed by atoms with Gasteiger partial charge >= 0.3 is 0 Å². The van der Waals surface area contributed by atoms with E-state index < -0.39 is 7.22 Å². The molecule has 0 aromatic carbocycles. The molecule has 0 radical (unpaired) electrons. The molecule has 0 unspecified atom stereocenters. The smallest absolute Gasteiger partial charge is 0.117 e. The summed E-state index contributed by atoms with van der Waals surface area (Å²) in [6.07, 6.45) is 0. The van der Waals surface area contributed by atoms with Crippen molar-refractivity contribution < 1.29 is 0 Å². The predicted octanol–water partition coefficient (Wildman–Crippen LogP) is 4.52. The van der Waals surface area contributed by atoms with Crippen molar-refractivity contribution in [2.45, 2.75) is 64.4 Å². The zero-order chi connectivity index (χ0) is 9.83. The number of rotatable bonds is 4. The summed E-state index contributed by atoms with van der Waals surface area (Å²) in [5.74, 6) is 0. The SMILES string of the molecule is CC[Si](CC)(CC)SC(C)(C)C. The van der Waals surface area contributed by atoms with Crippen LogP contribution in [0.4, 0.5) is 0 Å². The molecule has 0 N–H and O–H groups in total. The highest BCUT2D eigenvalue weighted by Gasteiger charge is 2.32. The molecule has 74 valence electrons. The average Bonchev–Trinajstić information content (AvgIpc) is 1.99. The van der Waals surface area contributed by atoms with E-state index in [-0.39, 0.29) is 0 Å². The van der Waals surface area contributed by atoms with E-state index in [4.69, 9.17) is 0 Å².